The molecule has 1 aromatic carbocycles. The van der Waals surface area contributed by atoms with Gasteiger partial charge in [0.25, 0.3) is 0 Å². The lowest BCUT2D eigenvalue weighted by atomic mass is 10.0. The first-order valence-electron chi connectivity index (χ1n) is 11.9. The first kappa shape index (κ1) is 27.4. The van der Waals surface area contributed by atoms with E-state index < -0.39 is 17.5 Å². The van der Waals surface area contributed by atoms with Gasteiger partial charge in [-0.1, -0.05) is 13.8 Å². The predicted molar refractivity (Wildman–Crippen MR) is 139 cm³/mol. The SMILES string of the molecule is CC[C@H](Nc1ncc(Br)c(-c2cc(F)c3nc(C(C)(C)O)n(C(C)C)c3c2)n1)[C@@H](O)[C@@H](CC)OC. The summed E-state index contributed by atoms with van der Waals surface area (Å²) < 4.78 is 23.1. The van der Waals surface area contributed by atoms with Crippen LogP contribution in [0.25, 0.3) is 22.3 Å². The van der Waals surface area contributed by atoms with Crippen molar-refractivity contribution in [2.24, 2.45) is 0 Å². The van der Waals surface area contributed by atoms with Gasteiger partial charge >= 0.3 is 0 Å². The predicted octanol–water partition coefficient (Wildman–Crippen LogP) is 5.18. The minimum Gasteiger partial charge on any atom is -0.388 e. The molecule has 0 saturated heterocycles. The zero-order valence-electron chi connectivity index (χ0n) is 21.3. The van der Waals surface area contributed by atoms with Crippen molar-refractivity contribution in [1.82, 2.24) is 19.5 Å². The van der Waals surface area contributed by atoms with Crippen LogP contribution in [-0.2, 0) is 10.3 Å². The molecule has 3 rings (SSSR count). The van der Waals surface area contributed by atoms with Gasteiger partial charge in [0, 0.05) is 24.9 Å². The zero-order chi connectivity index (χ0) is 26.1. The summed E-state index contributed by atoms with van der Waals surface area (Å²) in [6.45, 7) is 11.1. The fourth-order valence-electron chi connectivity index (χ4n) is 4.28. The van der Waals surface area contributed by atoms with Crippen molar-refractivity contribution >= 4 is 32.9 Å². The molecule has 3 atom stereocenters. The van der Waals surface area contributed by atoms with Crippen molar-refractivity contribution in [3.8, 4) is 11.3 Å². The van der Waals surface area contributed by atoms with Crippen LogP contribution in [0.4, 0.5) is 10.3 Å². The number of nitrogens with one attached hydrogen (secondary N) is 1. The molecule has 0 bridgehead atoms. The third-order valence-corrected chi connectivity index (χ3v) is 6.66. The van der Waals surface area contributed by atoms with Gasteiger partial charge in [-0.2, -0.15) is 0 Å². The second kappa shape index (κ2) is 10.9. The Morgan fingerprint density at radius 3 is 2.43 bits per heavy atom. The summed E-state index contributed by atoms with van der Waals surface area (Å²) in [5, 5.41) is 24.6. The van der Waals surface area contributed by atoms with Gasteiger partial charge in [-0.05, 0) is 68.6 Å². The molecule has 2 heterocycles. The van der Waals surface area contributed by atoms with Gasteiger partial charge < -0.3 is 24.8 Å². The van der Waals surface area contributed by atoms with Gasteiger partial charge in [-0.25, -0.2) is 19.3 Å². The van der Waals surface area contributed by atoms with Gasteiger partial charge in [0.2, 0.25) is 5.95 Å². The zero-order valence-corrected chi connectivity index (χ0v) is 22.9. The lowest BCUT2D eigenvalue weighted by Gasteiger charge is -2.28. The third kappa shape index (κ3) is 5.66. The van der Waals surface area contributed by atoms with Gasteiger partial charge in [-0.15, -0.1) is 0 Å². The number of ether oxygens (including phenoxy) is 1. The standard InChI is InChI=1S/C25H35BrFN5O3/c1-8-17(22(33)19(9-2)35-7)29-24-28-12-15(26)20(31-24)14-10-16(27)21-18(11-14)32(13(3)4)23(30-21)25(5,6)34/h10-13,17,19,22,33-34H,8-9H2,1-7H3,(H,28,29,31)/t17-,19+,22+/m0/s1. The average molecular weight is 552 g/mol. The molecule has 0 unspecified atom stereocenters. The van der Waals surface area contributed by atoms with Crippen LogP contribution in [-0.4, -0.2) is 55.1 Å². The van der Waals surface area contributed by atoms with E-state index in [0.717, 1.165) is 0 Å². The van der Waals surface area contributed by atoms with Crippen molar-refractivity contribution in [3.05, 3.63) is 34.4 Å². The number of fused-ring (bicyclic) bond motifs is 1. The first-order valence-corrected chi connectivity index (χ1v) is 12.7. The Kier molecular flexibility index (Phi) is 8.52. The Morgan fingerprint density at radius 1 is 1.20 bits per heavy atom. The third-order valence-electron chi connectivity index (χ3n) is 6.08. The Hall–Kier alpha value is -2.14. The molecule has 3 N–H and O–H groups in total. The number of aromatic nitrogens is 4. The maximum absolute atomic E-state index is 15.3. The molecule has 0 fully saturated rings. The second-order valence-corrected chi connectivity index (χ2v) is 10.4. The van der Waals surface area contributed by atoms with E-state index in [-0.39, 0.29) is 23.7 Å². The number of aliphatic hydroxyl groups excluding tert-OH is 1. The summed E-state index contributed by atoms with van der Waals surface area (Å²) in [6.07, 6.45) is 1.82. The number of hydrogen-bond acceptors (Lipinski definition) is 7. The highest BCUT2D eigenvalue weighted by atomic mass is 79.9. The van der Waals surface area contributed by atoms with Crippen molar-refractivity contribution in [2.75, 3.05) is 12.4 Å². The summed E-state index contributed by atoms with van der Waals surface area (Å²) in [6, 6.07) is 2.82. The number of imidazole rings is 1. The number of nitrogens with zero attached hydrogens (tertiary/aromatic N) is 4. The molecule has 2 aromatic heterocycles. The van der Waals surface area contributed by atoms with Crippen molar-refractivity contribution in [3.63, 3.8) is 0 Å². The lowest BCUT2D eigenvalue weighted by molar-refractivity contribution is -0.0228. The number of rotatable bonds is 10. The molecule has 192 valence electrons. The number of benzene rings is 1. The number of anilines is 1. The summed E-state index contributed by atoms with van der Waals surface area (Å²) in [5.41, 5.74) is 0.556. The number of aliphatic hydroxyl groups is 2. The van der Waals surface area contributed by atoms with Crippen LogP contribution in [0.5, 0.6) is 0 Å². The minimum atomic E-state index is -1.24. The highest BCUT2D eigenvalue weighted by molar-refractivity contribution is 9.10. The lowest BCUT2D eigenvalue weighted by Crippen LogP contribution is -2.42. The summed E-state index contributed by atoms with van der Waals surface area (Å²) in [7, 11) is 1.58. The van der Waals surface area contributed by atoms with E-state index in [2.05, 4.69) is 36.2 Å². The molecular formula is C25H35BrFN5O3. The summed E-state index contributed by atoms with van der Waals surface area (Å²) in [5.74, 6) is 0.205. The summed E-state index contributed by atoms with van der Waals surface area (Å²) >= 11 is 3.49. The van der Waals surface area contributed by atoms with Gasteiger partial charge in [0.1, 0.15) is 23.0 Å². The Bertz CT molecular complexity index is 1170. The molecule has 0 spiro atoms. The van der Waals surface area contributed by atoms with E-state index in [1.165, 1.54) is 6.07 Å². The van der Waals surface area contributed by atoms with E-state index in [0.29, 0.717) is 45.9 Å². The molecular weight excluding hydrogens is 517 g/mol. The number of halogens is 2. The van der Waals surface area contributed by atoms with Crippen LogP contribution in [0, 0.1) is 5.82 Å². The molecule has 10 heteroatoms. The Balaban J connectivity index is 2.08. The minimum absolute atomic E-state index is 0.0544. The van der Waals surface area contributed by atoms with Gasteiger partial charge in [0.05, 0.1) is 27.8 Å². The average Bonchev–Trinajstić information content (AvgIpc) is 3.20. The molecule has 3 aromatic rings. The molecule has 0 aliphatic carbocycles. The normalized spacial score (nSPS) is 15.0. The van der Waals surface area contributed by atoms with E-state index in [9.17, 15) is 10.2 Å². The topological polar surface area (TPSA) is 105 Å². The van der Waals surface area contributed by atoms with Crippen molar-refractivity contribution < 1.29 is 19.3 Å². The first-order chi connectivity index (χ1) is 16.4. The van der Waals surface area contributed by atoms with Crippen LogP contribution >= 0.6 is 15.9 Å². The van der Waals surface area contributed by atoms with Gasteiger partial charge in [-0.3, -0.25) is 0 Å². The van der Waals surface area contributed by atoms with Crippen LogP contribution < -0.4 is 5.32 Å². The maximum Gasteiger partial charge on any atom is 0.223 e. The Labute approximate surface area is 214 Å². The molecule has 0 aliphatic rings. The van der Waals surface area contributed by atoms with E-state index in [1.54, 1.807) is 27.2 Å². The summed E-state index contributed by atoms with van der Waals surface area (Å²) in [4.78, 5) is 13.4. The van der Waals surface area contributed by atoms with Gasteiger partial charge in [0.15, 0.2) is 5.82 Å². The monoisotopic (exact) mass is 551 g/mol. The largest absolute Gasteiger partial charge is 0.388 e. The second-order valence-electron chi connectivity index (χ2n) is 9.51. The van der Waals surface area contributed by atoms with Crippen LogP contribution in [0.2, 0.25) is 0 Å². The molecule has 8 nitrogen and oxygen atoms in total. The van der Waals surface area contributed by atoms with Crippen LogP contribution in [0.15, 0.2) is 22.8 Å². The van der Waals surface area contributed by atoms with Crippen molar-refractivity contribution in [2.45, 2.75) is 84.3 Å². The molecule has 0 saturated carbocycles. The smallest absolute Gasteiger partial charge is 0.223 e. The van der Waals surface area contributed by atoms with Crippen LogP contribution in [0.3, 0.4) is 0 Å². The van der Waals surface area contributed by atoms with E-state index in [4.69, 9.17) is 4.74 Å². The Morgan fingerprint density at radius 2 is 1.89 bits per heavy atom. The molecule has 35 heavy (non-hydrogen) atoms. The molecule has 0 radical (unpaired) electrons. The van der Waals surface area contributed by atoms with E-state index >= 15 is 4.39 Å². The van der Waals surface area contributed by atoms with E-state index in [1.807, 2.05) is 38.3 Å². The fourth-order valence-corrected chi connectivity index (χ4v) is 4.70. The molecule has 0 amide bonds. The maximum atomic E-state index is 15.3. The highest BCUT2D eigenvalue weighted by Gasteiger charge is 2.29. The van der Waals surface area contributed by atoms with Crippen LogP contribution in [0.1, 0.15) is 66.3 Å². The number of hydrogen-bond donors (Lipinski definition) is 3. The number of methoxy groups -OCH3 is 1. The quantitative estimate of drug-likeness (QED) is 0.318. The molecule has 0 aliphatic heterocycles. The highest BCUT2D eigenvalue weighted by Crippen LogP contribution is 2.34. The van der Waals surface area contributed by atoms with Crippen molar-refractivity contribution in [1.29, 1.82) is 0 Å². The fraction of sp³-hybridized carbons (Fsp3) is 0.560.